The maximum atomic E-state index is 13.0. The van der Waals surface area contributed by atoms with Gasteiger partial charge in [-0.1, -0.05) is 30.0 Å². The molecule has 0 unspecified atom stereocenters. The smallest absolute Gasteiger partial charge is 0.266 e. The topological polar surface area (TPSA) is 111 Å². The fraction of sp³-hybridized carbons (Fsp3) is 0.304. The Morgan fingerprint density at radius 1 is 1.21 bits per heavy atom. The summed E-state index contributed by atoms with van der Waals surface area (Å²) in [5.74, 6) is -0.243. The van der Waals surface area contributed by atoms with E-state index < -0.39 is 11.8 Å². The van der Waals surface area contributed by atoms with Crippen molar-refractivity contribution in [3.63, 3.8) is 0 Å². The van der Waals surface area contributed by atoms with Crippen LogP contribution in [0.15, 0.2) is 23.1 Å². The van der Waals surface area contributed by atoms with Crippen LogP contribution in [0.1, 0.15) is 39.2 Å². The maximum absolute atomic E-state index is 13.0. The molecule has 0 radical (unpaired) electrons. The molecule has 0 saturated carbocycles. The summed E-state index contributed by atoms with van der Waals surface area (Å²) < 4.78 is 10.8. The number of hydrogen-bond donors (Lipinski definition) is 2. The van der Waals surface area contributed by atoms with E-state index in [1.54, 1.807) is 31.4 Å². The molecule has 4 rings (SSSR count). The average Bonchev–Trinajstić information content (AvgIpc) is 3.30. The normalized spacial score (nSPS) is 16.5. The van der Waals surface area contributed by atoms with Gasteiger partial charge in [0.05, 0.1) is 24.7 Å². The number of rotatable bonds is 7. The van der Waals surface area contributed by atoms with E-state index >= 15 is 0 Å². The number of carbonyl (C=O) groups is 3. The number of primary amides is 1. The molecule has 1 aromatic heterocycles. The highest BCUT2D eigenvalue weighted by Crippen LogP contribution is 2.38. The predicted octanol–water partition coefficient (Wildman–Crippen LogP) is 3.58. The number of nitrogens with zero attached hydrogens (tertiary/aromatic N) is 1. The summed E-state index contributed by atoms with van der Waals surface area (Å²) >= 11 is 7.85. The van der Waals surface area contributed by atoms with Crippen LogP contribution in [0.5, 0.6) is 11.5 Å². The summed E-state index contributed by atoms with van der Waals surface area (Å²) in [6.07, 6.45) is 5.36. The van der Waals surface area contributed by atoms with E-state index in [1.807, 2.05) is 0 Å². The van der Waals surface area contributed by atoms with Gasteiger partial charge in [-0.25, -0.2) is 0 Å². The first-order valence-electron chi connectivity index (χ1n) is 10.5. The minimum atomic E-state index is -0.557. The molecule has 1 aromatic carbocycles. The highest BCUT2D eigenvalue weighted by Gasteiger charge is 2.34. The number of thioether (sulfide) groups is 1. The summed E-state index contributed by atoms with van der Waals surface area (Å²) in [5.41, 5.74) is 7.65. The number of amides is 3. The number of nitrogens with one attached hydrogen (secondary N) is 1. The second-order valence-electron chi connectivity index (χ2n) is 7.71. The molecule has 178 valence electrons. The van der Waals surface area contributed by atoms with Crippen LogP contribution in [0, 0.1) is 0 Å². The highest BCUT2D eigenvalue weighted by molar-refractivity contribution is 8.26. The molecule has 0 spiro atoms. The first-order chi connectivity index (χ1) is 16.3. The largest absolute Gasteiger partial charge is 0.493 e. The van der Waals surface area contributed by atoms with Gasteiger partial charge in [0.25, 0.3) is 11.8 Å². The van der Waals surface area contributed by atoms with Crippen LogP contribution < -0.4 is 20.5 Å². The first kappa shape index (κ1) is 24.2. The third-order valence-corrected chi connectivity index (χ3v) is 8.14. The van der Waals surface area contributed by atoms with Crippen molar-refractivity contribution in [2.45, 2.75) is 25.7 Å². The van der Waals surface area contributed by atoms with E-state index in [2.05, 4.69) is 5.32 Å². The molecule has 0 atom stereocenters. The van der Waals surface area contributed by atoms with E-state index in [0.29, 0.717) is 27.0 Å². The number of hydrogen-bond acceptors (Lipinski definition) is 8. The van der Waals surface area contributed by atoms with Crippen molar-refractivity contribution < 1.29 is 23.9 Å². The molecule has 3 amide bonds. The Bertz CT molecular complexity index is 1220. The molecule has 1 aliphatic heterocycles. The van der Waals surface area contributed by atoms with Crippen molar-refractivity contribution in [3.05, 3.63) is 44.7 Å². The number of thiophene rings is 1. The molecule has 1 aliphatic carbocycles. The summed E-state index contributed by atoms with van der Waals surface area (Å²) in [6.45, 7) is -0.255. The highest BCUT2D eigenvalue weighted by atomic mass is 32.2. The number of nitrogens with two attached hydrogens (primary N) is 1. The minimum Gasteiger partial charge on any atom is -0.493 e. The zero-order valence-corrected chi connectivity index (χ0v) is 21.1. The molecule has 0 bridgehead atoms. The minimum absolute atomic E-state index is 0.255. The van der Waals surface area contributed by atoms with E-state index in [-0.39, 0.29) is 16.8 Å². The third kappa shape index (κ3) is 4.82. The molecule has 8 nitrogen and oxygen atoms in total. The van der Waals surface area contributed by atoms with Crippen molar-refractivity contribution >= 4 is 68.4 Å². The van der Waals surface area contributed by atoms with E-state index in [0.717, 1.165) is 53.4 Å². The number of aryl methyl sites for hydroxylation is 1. The number of anilines is 1. The van der Waals surface area contributed by atoms with Crippen LogP contribution >= 0.6 is 35.3 Å². The van der Waals surface area contributed by atoms with Crippen LogP contribution in [-0.4, -0.2) is 47.7 Å². The fourth-order valence-corrected chi connectivity index (χ4v) is 6.52. The number of methoxy groups -OCH3 is 2. The van der Waals surface area contributed by atoms with Crippen LogP contribution in [0.3, 0.4) is 0 Å². The lowest BCUT2D eigenvalue weighted by Crippen LogP contribution is -2.36. The molecule has 2 aliphatic rings. The monoisotopic (exact) mass is 517 g/mol. The molecule has 2 aromatic rings. The van der Waals surface area contributed by atoms with E-state index in [9.17, 15) is 14.4 Å². The molecule has 34 heavy (non-hydrogen) atoms. The van der Waals surface area contributed by atoms with Gasteiger partial charge in [0, 0.05) is 4.88 Å². The summed E-state index contributed by atoms with van der Waals surface area (Å²) in [5, 5.41) is 3.22. The van der Waals surface area contributed by atoms with Gasteiger partial charge < -0.3 is 20.5 Å². The Morgan fingerprint density at radius 2 is 1.94 bits per heavy atom. The van der Waals surface area contributed by atoms with Crippen LogP contribution in [0.4, 0.5) is 5.00 Å². The van der Waals surface area contributed by atoms with Gasteiger partial charge in [-0.3, -0.25) is 19.3 Å². The van der Waals surface area contributed by atoms with Crippen molar-refractivity contribution in [3.8, 4) is 11.5 Å². The number of fused-ring (bicyclic) bond motifs is 1. The Labute approximate surface area is 210 Å². The van der Waals surface area contributed by atoms with Crippen LogP contribution in [-0.2, 0) is 22.4 Å². The average molecular weight is 518 g/mol. The van der Waals surface area contributed by atoms with Gasteiger partial charge in [0.2, 0.25) is 5.91 Å². The molecular formula is C23H23N3O5S3. The Morgan fingerprint density at radius 3 is 2.65 bits per heavy atom. The lowest BCUT2D eigenvalue weighted by Gasteiger charge is -2.14. The van der Waals surface area contributed by atoms with Gasteiger partial charge >= 0.3 is 0 Å². The predicted molar refractivity (Wildman–Crippen MR) is 138 cm³/mol. The first-order valence-corrected chi connectivity index (χ1v) is 12.6. The zero-order valence-electron chi connectivity index (χ0n) is 18.6. The number of ether oxygens (including phenoxy) is 2. The maximum Gasteiger partial charge on any atom is 0.266 e. The van der Waals surface area contributed by atoms with Crippen molar-refractivity contribution in [1.29, 1.82) is 0 Å². The fourth-order valence-electron chi connectivity index (χ4n) is 3.95. The van der Waals surface area contributed by atoms with Gasteiger partial charge in [0.1, 0.15) is 15.9 Å². The standard InChI is InChI=1S/C23H23N3O5S3/c1-30-14-8-7-12(9-15(14)31-2)10-17-22(29)26(23(32)34-17)11-18(27)25-21-19(20(24)28)13-5-3-4-6-16(13)33-21/h7-10H,3-6,11H2,1-2H3,(H2,24,28)(H,25,27)/b17-10+. The molecule has 11 heteroatoms. The molecular weight excluding hydrogens is 494 g/mol. The SMILES string of the molecule is COc1ccc(/C=C2/SC(=S)N(CC(=O)Nc3sc4c(c3C(N)=O)CCCC4)C2=O)cc1OC. The van der Waals surface area contributed by atoms with E-state index in [4.69, 9.17) is 27.4 Å². The van der Waals surface area contributed by atoms with Gasteiger partial charge in [0.15, 0.2) is 11.5 Å². The van der Waals surface area contributed by atoms with Crippen LogP contribution in [0.25, 0.3) is 6.08 Å². The van der Waals surface area contributed by atoms with Gasteiger partial charge in [-0.2, -0.15) is 0 Å². The molecule has 2 heterocycles. The van der Waals surface area contributed by atoms with Crippen molar-refractivity contribution in [2.75, 3.05) is 26.1 Å². The van der Waals surface area contributed by atoms with Crippen molar-refractivity contribution in [1.82, 2.24) is 4.90 Å². The van der Waals surface area contributed by atoms with E-state index in [1.165, 1.54) is 23.3 Å². The number of thiocarbonyl (C=S) groups is 1. The quantitative estimate of drug-likeness (QED) is 0.427. The van der Waals surface area contributed by atoms with Gasteiger partial charge in [-0.15, -0.1) is 11.3 Å². The number of carbonyl (C=O) groups excluding carboxylic acids is 3. The Kier molecular flexibility index (Phi) is 7.24. The van der Waals surface area contributed by atoms with Crippen molar-refractivity contribution in [2.24, 2.45) is 5.73 Å². The Balaban J connectivity index is 1.49. The second kappa shape index (κ2) is 10.2. The lowest BCUT2D eigenvalue weighted by atomic mass is 9.95. The molecule has 1 fully saturated rings. The number of benzene rings is 1. The molecule has 1 saturated heterocycles. The van der Waals surface area contributed by atoms with Gasteiger partial charge in [-0.05, 0) is 55.0 Å². The molecule has 3 N–H and O–H groups in total. The van der Waals surface area contributed by atoms with Crippen LogP contribution in [0.2, 0.25) is 0 Å². The third-order valence-electron chi connectivity index (χ3n) is 5.55. The Hall–Kier alpha value is -2.89. The summed E-state index contributed by atoms with van der Waals surface area (Å²) in [7, 11) is 3.08. The summed E-state index contributed by atoms with van der Waals surface area (Å²) in [4.78, 5) is 40.5. The zero-order chi connectivity index (χ0) is 24.4. The summed E-state index contributed by atoms with van der Waals surface area (Å²) in [6, 6.07) is 5.29. The lowest BCUT2D eigenvalue weighted by molar-refractivity contribution is -0.126. The second-order valence-corrected chi connectivity index (χ2v) is 10.5.